The highest BCUT2D eigenvalue weighted by molar-refractivity contribution is 6.33. The monoisotopic (exact) mass is 527 g/mol. The Bertz CT molecular complexity index is 1640. The summed E-state index contributed by atoms with van der Waals surface area (Å²) in [6, 6.07) is 16.9. The summed E-state index contributed by atoms with van der Waals surface area (Å²) in [5, 5.41) is 14.6. The maximum atomic E-state index is 13.7. The molecule has 0 saturated heterocycles. The van der Waals surface area contributed by atoms with Crippen molar-refractivity contribution in [3.8, 4) is 28.3 Å². The minimum absolute atomic E-state index is 0.150. The van der Waals surface area contributed by atoms with Gasteiger partial charge in [0.15, 0.2) is 5.78 Å². The number of pyridine rings is 1. The van der Waals surface area contributed by atoms with E-state index in [0.29, 0.717) is 34.3 Å². The fourth-order valence-electron chi connectivity index (χ4n) is 4.51. The molecule has 1 N–H and O–H groups in total. The fourth-order valence-corrected chi connectivity index (χ4v) is 4.77. The molecule has 0 saturated carbocycles. The summed E-state index contributed by atoms with van der Waals surface area (Å²) in [7, 11) is 0. The fraction of sp³-hybridized carbons (Fsp3) is 0.214. The Hall–Kier alpha value is -4.37. The third-order valence-electron chi connectivity index (χ3n) is 6.43. The van der Waals surface area contributed by atoms with E-state index in [1.54, 1.807) is 29.0 Å². The molecule has 0 atom stereocenters. The summed E-state index contributed by atoms with van der Waals surface area (Å²) < 4.78 is 3.26. The van der Waals surface area contributed by atoms with Gasteiger partial charge in [0.05, 0.1) is 17.3 Å². The van der Waals surface area contributed by atoms with Gasteiger partial charge in [-0.2, -0.15) is 5.21 Å². The number of aryl methyl sites for hydroxylation is 1. The molecule has 5 rings (SSSR count). The van der Waals surface area contributed by atoms with Crippen LogP contribution in [-0.4, -0.2) is 40.5 Å². The van der Waals surface area contributed by atoms with E-state index in [9.17, 15) is 9.59 Å². The van der Waals surface area contributed by atoms with Crippen LogP contribution in [0.4, 0.5) is 0 Å². The van der Waals surface area contributed by atoms with Crippen LogP contribution in [0.2, 0.25) is 5.02 Å². The number of imidazole rings is 1. The SMILES string of the molecule is CCCCc1cn(-c2c(Cl)cccc2C(C)=O)c(=O)n1Cc1ccc(-c2cccnc2-c2nn[nH]n2)cc1. The van der Waals surface area contributed by atoms with E-state index >= 15 is 0 Å². The molecule has 0 radical (unpaired) electrons. The van der Waals surface area contributed by atoms with Gasteiger partial charge in [-0.05, 0) is 54.3 Å². The summed E-state index contributed by atoms with van der Waals surface area (Å²) >= 11 is 6.49. The Kier molecular flexibility index (Phi) is 7.28. The predicted molar refractivity (Wildman–Crippen MR) is 146 cm³/mol. The number of para-hydroxylation sites is 1. The molecule has 0 aliphatic carbocycles. The lowest BCUT2D eigenvalue weighted by Gasteiger charge is -2.10. The molecule has 0 amide bonds. The number of Topliss-reactive ketones (excluding diaryl/α,β-unsaturated/α-hetero) is 1. The van der Waals surface area contributed by atoms with Crippen LogP contribution in [0.25, 0.3) is 28.3 Å². The number of benzene rings is 2. The summed E-state index contributed by atoms with van der Waals surface area (Å²) in [6.07, 6.45) is 6.17. The number of rotatable bonds is 9. The molecule has 10 heteroatoms. The summed E-state index contributed by atoms with van der Waals surface area (Å²) in [6.45, 7) is 3.97. The van der Waals surface area contributed by atoms with Crippen molar-refractivity contribution in [1.29, 1.82) is 0 Å². The minimum atomic E-state index is -0.234. The number of halogens is 1. The van der Waals surface area contributed by atoms with Gasteiger partial charge < -0.3 is 0 Å². The van der Waals surface area contributed by atoms with Gasteiger partial charge in [-0.25, -0.2) is 4.79 Å². The number of unbranched alkanes of at least 4 members (excludes halogenated alkanes) is 1. The minimum Gasteiger partial charge on any atom is -0.294 e. The van der Waals surface area contributed by atoms with Gasteiger partial charge in [0.25, 0.3) is 0 Å². The van der Waals surface area contributed by atoms with E-state index in [4.69, 9.17) is 11.6 Å². The lowest BCUT2D eigenvalue weighted by atomic mass is 10.0. The normalized spacial score (nSPS) is 11.1. The van der Waals surface area contributed by atoms with Gasteiger partial charge in [0.2, 0.25) is 5.82 Å². The number of hydrogen-bond acceptors (Lipinski definition) is 6. The van der Waals surface area contributed by atoms with Crippen molar-refractivity contribution in [2.24, 2.45) is 0 Å². The summed E-state index contributed by atoms with van der Waals surface area (Å²) in [4.78, 5) is 30.4. The molecule has 0 aliphatic heterocycles. The number of carbonyl (C=O) groups is 1. The summed E-state index contributed by atoms with van der Waals surface area (Å²) in [5.74, 6) is 0.270. The second-order valence-corrected chi connectivity index (χ2v) is 9.39. The maximum absolute atomic E-state index is 13.7. The van der Waals surface area contributed by atoms with Crippen molar-refractivity contribution >= 4 is 17.4 Å². The van der Waals surface area contributed by atoms with E-state index < -0.39 is 0 Å². The zero-order valence-electron chi connectivity index (χ0n) is 21.1. The van der Waals surface area contributed by atoms with Crippen LogP contribution in [0.3, 0.4) is 0 Å². The quantitative estimate of drug-likeness (QED) is 0.266. The average Bonchev–Trinajstić information content (AvgIpc) is 3.57. The van der Waals surface area contributed by atoms with Crippen molar-refractivity contribution in [1.82, 2.24) is 34.7 Å². The zero-order chi connectivity index (χ0) is 26.6. The standard InChI is InChI=1S/C28H26ClN7O2/c1-3-4-7-21-17-36(26-22(18(2)37)8-5-10-24(26)29)28(38)35(21)16-19-11-13-20(14-12-19)23-9-6-15-30-25(23)27-31-33-34-32-27/h5-6,8-15,17H,3-4,7,16H2,1-2H3,(H,31,32,33,34). The van der Waals surface area contributed by atoms with Crippen molar-refractivity contribution in [3.63, 3.8) is 0 Å². The maximum Gasteiger partial charge on any atom is 0.333 e. The third kappa shape index (κ3) is 4.92. The molecule has 5 aromatic rings. The second kappa shape index (κ2) is 10.9. The molecule has 0 bridgehead atoms. The zero-order valence-corrected chi connectivity index (χ0v) is 21.8. The van der Waals surface area contributed by atoms with E-state index in [1.165, 1.54) is 11.5 Å². The van der Waals surface area contributed by atoms with E-state index in [0.717, 1.165) is 41.6 Å². The number of H-pyrrole nitrogens is 1. The lowest BCUT2D eigenvalue weighted by Crippen LogP contribution is -2.25. The van der Waals surface area contributed by atoms with Crippen molar-refractivity contribution in [2.45, 2.75) is 39.7 Å². The first-order valence-electron chi connectivity index (χ1n) is 12.4. The number of aromatic nitrogens is 7. The smallest absolute Gasteiger partial charge is 0.294 e. The van der Waals surface area contributed by atoms with Gasteiger partial charge in [0, 0.05) is 29.2 Å². The molecule has 0 aliphatic rings. The average molecular weight is 528 g/mol. The van der Waals surface area contributed by atoms with Crippen molar-refractivity contribution in [3.05, 3.63) is 99.3 Å². The van der Waals surface area contributed by atoms with E-state index in [-0.39, 0.29) is 11.5 Å². The molecular formula is C28H26ClN7O2. The van der Waals surface area contributed by atoms with Crippen LogP contribution in [-0.2, 0) is 13.0 Å². The van der Waals surface area contributed by atoms with Crippen LogP contribution < -0.4 is 5.69 Å². The molecule has 0 unspecified atom stereocenters. The largest absolute Gasteiger partial charge is 0.333 e. The Balaban J connectivity index is 1.51. The topological polar surface area (TPSA) is 111 Å². The van der Waals surface area contributed by atoms with Crippen LogP contribution >= 0.6 is 11.6 Å². The molecule has 38 heavy (non-hydrogen) atoms. The number of tetrazole rings is 1. The summed E-state index contributed by atoms with van der Waals surface area (Å²) in [5.41, 5.74) is 4.90. The van der Waals surface area contributed by atoms with Crippen molar-refractivity contribution < 1.29 is 4.79 Å². The van der Waals surface area contributed by atoms with Gasteiger partial charge in [-0.1, -0.05) is 61.3 Å². The molecule has 192 valence electrons. The first-order valence-corrected chi connectivity index (χ1v) is 12.7. The molecular weight excluding hydrogens is 502 g/mol. The van der Waals surface area contributed by atoms with Gasteiger partial charge in [0.1, 0.15) is 5.69 Å². The van der Waals surface area contributed by atoms with Crippen molar-refractivity contribution in [2.75, 3.05) is 0 Å². The van der Waals surface area contributed by atoms with Crippen LogP contribution in [0.15, 0.2) is 71.8 Å². The van der Waals surface area contributed by atoms with E-state index in [2.05, 4.69) is 32.5 Å². The van der Waals surface area contributed by atoms with E-state index in [1.807, 2.05) is 42.6 Å². The predicted octanol–water partition coefficient (Wildman–Crippen LogP) is 5.13. The number of carbonyl (C=O) groups excluding carboxylic acids is 1. The highest BCUT2D eigenvalue weighted by Gasteiger charge is 2.19. The molecule has 0 fully saturated rings. The Morgan fingerprint density at radius 1 is 1.08 bits per heavy atom. The van der Waals surface area contributed by atoms with Crippen LogP contribution in [0.5, 0.6) is 0 Å². The molecule has 3 aromatic heterocycles. The van der Waals surface area contributed by atoms with Crippen LogP contribution in [0.1, 0.15) is 48.3 Å². The van der Waals surface area contributed by atoms with Crippen LogP contribution in [0, 0.1) is 0 Å². The number of aromatic amines is 1. The molecule has 2 aromatic carbocycles. The van der Waals surface area contributed by atoms with Gasteiger partial charge >= 0.3 is 5.69 Å². The number of nitrogens with one attached hydrogen (secondary N) is 1. The Morgan fingerprint density at radius 3 is 2.61 bits per heavy atom. The van der Waals surface area contributed by atoms with Gasteiger partial charge in [-0.3, -0.25) is 18.9 Å². The molecule has 9 nitrogen and oxygen atoms in total. The Labute approximate surface area is 224 Å². The lowest BCUT2D eigenvalue weighted by molar-refractivity contribution is 0.101. The van der Waals surface area contributed by atoms with Gasteiger partial charge in [-0.15, -0.1) is 10.2 Å². The Morgan fingerprint density at radius 2 is 1.89 bits per heavy atom. The number of nitrogens with zero attached hydrogens (tertiary/aromatic N) is 6. The third-order valence-corrected chi connectivity index (χ3v) is 6.73. The number of hydrogen-bond donors (Lipinski definition) is 1. The highest BCUT2D eigenvalue weighted by Crippen LogP contribution is 2.28. The highest BCUT2D eigenvalue weighted by atomic mass is 35.5. The number of ketones is 1. The second-order valence-electron chi connectivity index (χ2n) is 8.99. The molecule has 3 heterocycles. The first-order chi connectivity index (χ1) is 18.5. The first kappa shape index (κ1) is 25.3. The molecule has 0 spiro atoms.